The summed E-state index contributed by atoms with van der Waals surface area (Å²) in [7, 11) is 0. The standard InChI is InChI=1S/C19H40N2/c1-6-14-20-18-12-10-9-11-13-19(18)21(15-16(4)5)17(7-2)8-3/h16-20H,6-15H2,1-5H3. The zero-order chi connectivity index (χ0) is 15.7. The largest absolute Gasteiger partial charge is 0.312 e. The number of nitrogens with one attached hydrogen (secondary N) is 1. The summed E-state index contributed by atoms with van der Waals surface area (Å²) < 4.78 is 0. The smallest absolute Gasteiger partial charge is 0.0252 e. The minimum absolute atomic E-state index is 0.715. The summed E-state index contributed by atoms with van der Waals surface area (Å²) in [6, 6.07) is 2.24. The first kappa shape index (κ1) is 19.0. The van der Waals surface area contributed by atoms with Gasteiger partial charge in [0.15, 0.2) is 0 Å². The molecule has 0 aromatic heterocycles. The van der Waals surface area contributed by atoms with Crippen molar-refractivity contribution in [1.29, 1.82) is 0 Å². The van der Waals surface area contributed by atoms with E-state index in [4.69, 9.17) is 0 Å². The van der Waals surface area contributed by atoms with Crippen LogP contribution in [-0.2, 0) is 0 Å². The summed E-state index contributed by atoms with van der Waals surface area (Å²) >= 11 is 0. The van der Waals surface area contributed by atoms with E-state index >= 15 is 0 Å². The second-order valence-electron chi connectivity index (χ2n) is 7.33. The minimum Gasteiger partial charge on any atom is -0.312 e. The van der Waals surface area contributed by atoms with Gasteiger partial charge < -0.3 is 5.32 Å². The van der Waals surface area contributed by atoms with Crippen LogP contribution in [0.3, 0.4) is 0 Å². The molecule has 126 valence electrons. The van der Waals surface area contributed by atoms with Crippen LogP contribution in [0.2, 0.25) is 0 Å². The van der Waals surface area contributed by atoms with Gasteiger partial charge in [0.05, 0.1) is 0 Å². The first-order valence-corrected chi connectivity index (χ1v) is 9.63. The van der Waals surface area contributed by atoms with Crippen LogP contribution < -0.4 is 5.32 Å². The maximum absolute atomic E-state index is 3.88. The summed E-state index contributed by atoms with van der Waals surface area (Å²) in [6.45, 7) is 14.2. The Bertz CT molecular complexity index is 248. The molecule has 1 fully saturated rings. The van der Waals surface area contributed by atoms with Crippen molar-refractivity contribution in [2.75, 3.05) is 13.1 Å². The molecule has 0 aliphatic heterocycles. The molecule has 1 rings (SSSR count). The fourth-order valence-corrected chi connectivity index (χ4v) is 3.99. The van der Waals surface area contributed by atoms with Crippen LogP contribution in [0.5, 0.6) is 0 Å². The van der Waals surface area contributed by atoms with Crippen molar-refractivity contribution in [3.05, 3.63) is 0 Å². The summed E-state index contributed by atoms with van der Waals surface area (Å²) in [6.07, 6.45) is 10.9. The molecule has 0 saturated heterocycles. The molecular formula is C19H40N2. The van der Waals surface area contributed by atoms with Gasteiger partial charge in [-0.25, -0.2) is 0 Å². The average molecular weight is 297 g/mol. The highest BCUT2D eigenvalue weighted by Crippen LogP contribution is 2.27. The first-order chi connectivity index (χ1) is 10.1. The molecule has 0 bridgehead atoms. The van der Waals surface area contributed by atoms with Crippen LogP contribution in [0.4, 0.5) is 0 Å². The Hall–Kier alpha value is -0.0800. The second-order valence-corrected chi connectivity index (χ2v) is 7.33. The number of hydrogen-bond donors (Lipinski definition) is 1. The van der Waals surface area contributed by atoms with E-state index < -0.39 is 0 Å². The van der Waals surface area contributed by atoms with Gasteiger partial charge in [-0.1, -0.05) is 53.9 Å². The minimum atomic E-state index is 0.715. The van der Waals surface area contributed by atoms with Crippen molar-refractivity contribution >= 4 is 0 Å². The lowest BCUT2D eigenvalue weighted by Gasteiger charge is -2.42. The van der Waals surface area contributed by atoms with Gasteiger partial charge in [0.1, 0.15) is 0 Å². The highest BCUT2D eigenvalue weighted by atomic mass is 15.2. The van der Waals surface area contributed by atoms with E-state index in [0.717, 1.165) is 18.0 Å². The van der Waals surface area contributed by atoms with Crippen LogP contribution in [0.1, 0.15) is 86.0 Å². The third kappa shape index (κ3) is 6.28. The van der Waals surface area contributed by atoms with Gasteiger partial charge in [-0.05, 0) is 44.6 Å². The Kier molecular flexibility index (Phi) is 9.59. The van der Waals surface area contributed by atoms with Crippen LogP contribution >= 0.6 is 0 Å². The Balaban J connectivity index is 2.85. The van der Waals surface area contributed by atoms with E-state index in [9.17, 15) is 0 Å². The molecular weight excluding hydrogens is 256 g/mol. The van der Waals surface area contributed by atoms with Gasteiger partial charge in [-0.15, -0.1) is 0 Å². The van der Waals surface area contributed by atoms with Gasteiger partial charge in [0, 0.05) is 24.7 Å². The van der Waals surface area contributed by atoms with Crippen LogP contribution in [-0.4, -0.2) is 36.1 Å². The molecule has 2 nitrogen and oxygen atoms in total. The fourth-order valence-electron chi connectivity index (χ4n) is 3.99. The van der Waals surface area contributed by atoms with Gasteiger partial charge in [-0.2, -0.15) is 0 Å². The van der Waals surface area contributed by atoms with Gasteiger partial charge in [-0.3, -0.25) is 4.90 Å². The monoisotopic (exact) mass is 296 g/mol. The lowest BCUT2D eigenvalue weighted by atomic mass is 9.96. The zero-order valence-corrected chi connectivity index (χ0v) is 15.3. The zero-order valence-electron chi connectivity index (χ0n) is 15.3. The van der Waals surface area contributed by atoms with E-state index in [-0.39, 0.29) is 0 Å². The highest BCUT2D eigenvalue weighted by Gasteiger charge is 2.31. The average Bonchev–Trinajstić information content (AvgIpc) is 2.70. The summed E-state index contributed by atoms with van der Waals surface area (Å²) in [4.78, 5) is 2.88. The number of hydrogen-bond acceptors (Lipinski definition) is 2. The number of rotatable bonds is 9. The van der Waals surface area contributed by atoms with E-state index in [1.54, 1.807) is 0 Å². The van der Waals surface area contributed by atoms with E-state index in [2.05, 4.69) is 44.8 Å². The molecule has 0 aromatic rings. The lowest BCUT2D eigenvalue weighted by molar-refractivity contribution is 0.0790. The fraction of sp³-hybridized carbons (Fsp3) is 1.00. The SMILES string of the molecule is CCCNC1CCCCCC1N(CC(C)C)C(CC)CC. The van der Waals surface area contributed by atoms with Crippen molar-refractivity contribution in [3.63, 3.8) is 0 Å². The molecule has 2 heteroatoms. The van der Waals surface area contributed by atoms with Gasteiger partial charge in [0.25, 0.3) is 0 Å². The Labute approximate surface area is 134 Å². The Morgan fingerprint density at radius 1 is 1.00 bits per heavy atom. The van der Waals surface area contributed by atoms with Crippen LogP contribution in [0.25, 0.3) is 0 Å². The van der Waals surface area contributed by atoms with Crippen LogP contribution in [0, 0.1) is 5.92 Å². The summed E-state index contributed by atoms with van der Waals surface area (Å²) in [5.41, 5.74) is 0. The molecule has 0 aromatic carbocycles. The summed E-state index contributed by atoms with van der Waals surface area (Å²) in [5.74, 6) is 0.765. The van der Waals surface area contributed by atoms with Crippen molar-refractivity contribution in [3.8, 4) is 0 Å². The molecule has 0 amide bonds. The molecule has 1 aliphatic rings. The third-order valence-electron chi connectivity index (χ3n) is 5.05. The molecule has 1 saturated carbocycles. The third-order valence-corrected chi connectivity index (χ3v) is 5.05. The quantitative estimate of drug-likeness (QED) is 0.613. The van der Waals surface area contributed by atoms with Crippen LogP contribution in [0.15, 0.2) is 0 Å². The molecule has 0 heterocycles. The Morgan fingerprint density at radius 2 is 1.67 bits per heavy atom. The topological polar surface area (TPSA) is 15.3 Å². The van der Waals surface area contributed by atoms with E-state index in [0.29, 0.717) is 6.04 Å². The maximum atomic E-state index is 3.88. The van der Waals surface area contributed by atoms with E-state index in [1.165, 1.54) is 64.5 Å². The predicted molar refractivity (Wildman–Crippen MR) is 94.9 cm³/mol. The molecule has 21 heavy (non-hydrogen) atoms. The van der Waals surface area contributed by atoms with Gasteiger partial charge in [0.2, 0.25) is 0 Å². The molecule has 0 spiro atoms. The number of nitrogens with zero attached hydrogens (tertiary/aromatic N) is 1. The lowest BCUT2D eigenvalue weighted by Crippen LogP contribution is -2.54. The van der Waals surface area contributed by atoms with Crippen molar-refractivity contribution in [2.45, 2.75) is 104 Å². The molecule has 2 atom stereocenters. The van der Waals surface area contributed by atoms with E-state index in [1.807, 2.05) is 0 Å². The predicted octanol–water partition coefficient (Wildman–Crippen LogP) is 4.83. The second kappa shape index (κ2) is 10.6. The first-order valence-electron chi connectivity index (χ1n) is 9.63. The van der Waals surface area contributed by atoms with Crippen molar-refractivity contribution < 1.29 is 0 Å². The highest BCUT2D eigenvalue weighted by molar-refractivity contribution is 4.90. The molecule has 2 unspecified atom stereocenters. The molecule has 1 aliphatic carbocycles. The summed E-state index contributed by atoms with van der Waals surface area (Å²) in [5, 5.41) is 3.88. The molecule has 1 N–H and O–H groups in total. The normalized spacial score (nSPS) is 24.0. The Morgan fingerprint density at radius 3 is 2.24 bits per heavy atom. The van der Waals surface area contributed by atoms with Gasteiger partial charge >= 0.3 is 0 Å². The van der Waals surface area contributed by atoms with Crippen molar-refractivity contribution in [2.24, 2.45) is 5.92 Å². The molecule has 0 radical (unpaired) electrons. The maximum Gasteiger partial charge on any atom is 0.0252 e. The van der Waals surface area contributed by atoms with Crippen molar-refractivity contribution in [1.82, 2.24) is 10.2 Å².